The van der Waals surface area contributed by atoms with E-state index in [1.165, 1.54) is 0 Å². The van der Waals surface area contributed by atoms with Crippen LogP contribution in [-0.4, -0.2) is 16.6 Å². The van der Waals surface area contributed by atoms with Gasteiger partial charge in [0.15, 0.2) is 0 Å². The molecule has 1 N–H and O–H groups in total. The van der Waals surface area contributed by atoms with Crippen LogP contribution in [0, 0.1) is 0 Å². The van der Waals surface area contributed by atoms with Crippen molar-refractivity contribution in [3.63, 3.8) is 0 Å². The Hall–Kier alpha value is 0.1000. The molecular weight excluding hydrogens is 254 g/mol. The number of nitrogens with one attached hydrogen (secondary N) is 1. The van der Waals surface area contributed by atoms with Gasteiger partial charge in [0.1, 0.15) is 4.83 Å². The highest BCUT2D eigenvalue weighted by Gasteiger charge is 2.27. The van der Waals surface area contributed by atoms with Crippen molar-refractivity contribution in [3.05, 3.63) is 0 Å². The molecule has 0 radical (unpaired) electrons. The Morgan fingerprint density at radius 3 is 2.22 bits per heavy atom. The van der Waals surface area contributed by atoms with E-state index in [4.69, 9.17) is 0 Å². The highest BCUT2D eigenvalue weighted by atomic mass is 79.9. The first-order chi connectivity index (χ1) is 3.70. The Balaban J connectivity index is 0.000000640. The van der Waals surface area contributed by atoms with E-state index in [1.54, 1.807) is 0 Å². The van der Waals surface area contributed by atoms with E-state index >= 15 is 0 Å². The lowest BCUT2D eigenvalue weighted by atomic mass is 10.4. The third kappa shape index (κ3) is 2.06. The molecule has 9 heavy (non-hydrogen) atoms. The van der Waals surface area contributed by atoms with Gasteiger partial charge < -0.3 is 0 Å². The molecule has 1 aliphatic heterocycles. The van der Waals surface area contributed by atoms with Crippen LogP contribution >= 0.6 is 32.9 Å². The number of alkyl halides is 1. The molecule has 1 atom stereocenters. The third-order valence-electron chi connectivity index (χ3n) is 0.912. The minimum Gasteiger partial charge on any atom is -0.295 e. The number of hydrogen-bond acceptors (Lipinski definition) is 2. The van der Waals surface area contributed by atoms with Gasteiger partial charge in [-0.2, -0.15) is 0 Å². The molecule has 1 unspecified atom stereocenters. The maximum Gasteiger partial charge on any atom is 0.240 e. The summed E-state index contributed by atoms with van der Waals surface area (Å²) in [4.78, 5) is 20.4. The molecule has 1 aliphatic rings. The van der Waals surface area contributed by atoms with Gasteiger partial charge in [-0.05, 0) is 0 Å². The van der Waals surface area contributed by atoms with Gasteiger partial charge in [-0.3, -0.25) is 14.9 Å². The van der Waals surface area contributed by atoms with Crippen LogP contribution in [0.3, 0.4) is 0 Å². The van der Waals surface area contributed by atoms with Crippen LogP contribution in [0.25, 0.3) is 0 Å². The third-order valence-corrected chi connectivity index (χ3v) is 1.65. The Bertz CT molecular complexity index is 148. The molecule has 0 spiro atoms. The summed E-state index contributed by atoms with van der Waals surface area (Å²) in [6.45, 7) is 0. The van der Waals surface area contributed by atoms with Crippen LogP contribution < -0.4 is 5.32 Å². The fraction of sp³-hybridized carbons (Fsp3) is 0.500. The van der Waals surface area contributed by atoms with Gasteiger partial charge in [0, 0.05) is 6.42 Å². The summed E-state index contributed by atoms with van der Waals surface area (Å²) in [5.74, 6) is -0.424. The lowest BCUT2D eigenvalue weighted by molar-refractivity contribution is -0.124. The lowest BCUT2D eigenvalue weighted by Crippen LogP contribution is -2.21. The second-order valence-electron chi connectivity index (χ2n) is 1.58. The zero-order valence-electron chi connectivity index (χ0n) is 4.39. The molecule has 5 heteroatoms. The summed E-state index contributed by atoms with van der Waals surface area (Å²) in [6.07, 6.45) is 0.277. The minimum atomic E-state index is -0.296. The first-order valence-corrected chi connectivity index (χ1v) is 3.09. The summed E-state index contributed by atoms with van der Waals surface area (Å²) in [5.41, 5.74) is 0. The molecule has 1 saturated heterocycles. The van der Waals surface area contributed by atoms with Gasteiger partial charge >= 0.3 is 0 Å². The number of amides is 2. The highest BCUT2D eigenvalue weighted by molar-refractivity contribution is 9.10. The zero-order chi connectivity index (χ0) is 6.15. The predicted molar refractivity (Wildman–Crippen MR) is 40.8 cm³/mol. The van der Waals surface area contributed by atoms with Crippen molar-refractivity contribution in [1.82, 2.24) is 5.32 Å². The molecule has 1 heterocycles. The molecule has 0 saturated carbocycles. The fourth-order valence-electron chi connectivity index (χ4n) is 0.522. The van der Waals surface area contributed by atoms with E-state index in [0.717, 1.165) is 0 Å². The van der Waals surface area contributed by atoms with Crippen LogP contribution in [-0.2, 0) is 9.59 Å². The SMILES string of the molecule is Br.O=C1CC(Br)C(=O)N1. The van der Waals surface area contributed by atoms with Crippen molar-refractivity contribution in [1.29, 1.82) is 0 Å². The largest absolute Gasteiger partial charge is 0.295 e. The van der Waals surface area contributed by atoms with Crippen LogP contribution in [0.1, 0.15) is 6.42 Å². The van der Waals surface area contributed by atoms with E-state index in [0.29, 0.717) is 0 Å². The van der Waals surface area contributed by atoms with E-state index in [-0.39, 0.29) is 40.0 Å². The normalized spacial score (nSPS) is 25.2. The summed E-state index contributed by atoms with van der Waals surface area (Å²) in [5, 5.41) is 2.14. The first kappa shape index (κ1) is 9.10. The molecule has 2 amide bonds. The lowest BCUT2D eigenvalue weighted by Gasteiger charge is -1.86. The average molecular weight is 259 g/mol. The van der Waals surface area contributed by atoms with Crippen molar-refractivity contribution >= 4 is 44.7 Å². The number of imide groups is 1. The minimum absolute atomic E-state index is 0. The van der Waals surface area contributed by atoms with Gasteiger partial charge in [0.2, 0.25) is 11.8 Å². The molecule has 0 bridgehead atoms. The Kier molecular flexibility index (Phi) is 3.35. The maximum absolute atomic E-state index is 10.4. The van der Waals surface area contributed by atoms with Crippen LogP contribution in [0.2, 0.25) is 0 Å². The summed E-state index contributed by atoms with van der Waals surface area (Å²) >= 11 is 3.01. The van der Waals surface area contributed by atoms with Gasteiger partial charge in [-0.25, -0.2) is 0 Å². The smallest absolute Gasteiger partial charge is 0.240 e. The van der Waals surface area contributed by atoms with Gasteiger partial charge in [0.25, 0.3) is 0 Å². The summed E-state index contributed by atoms with van der Waals surface area (Å²) in [6, 6.07) is 0. The van der Waals surface area contributed by atoms with Crippen molar-refractivity contribution in [2.75, 3.05) is 0 Å². The van der Waals surface area contributed by atoms with Crippen molar-refractivity contribution < 1.29 is 9.59 Å². The Labute approximate surface area is 71.1 Å². The van der Waals surface area contributed by atoms with Crippen LogP contribution in [0.5, 0.6) is 0 Å². The van der Waals surface area contributed by atoms with E-state index < -0.39 is 0 Å². The van der Waals surface area contributed by atoms with E-state index in [1.807, 2.05) is 0 Å². The summed E-state index contributed by atoms with van der Waals surface area (Å²) < 4.78 is 0. The first-order valence-electron chi connectivity index (χ1n) is 2.18. The predicted octanol–water partition coefficient (Wildman–Crippen LogP) is 0.374. The molecule has 1 fully saturated rings. The topological polar surface area (TPSA) is 46.2 Å². The number of rotatable bonds is 0. The second-order valence-corrected chi connectivity index (χ2v) is 2.69. The quantitative estimate of drug-likeness (QED) is 0.504. The van der Waals surface area contributed by atoms with Crippen molar-refractivity contribution in [2.45, 2.75) is 11.2 Å². The van der Waals surface area contributed by atoms with Gasteiger partial charge in [-0.1, -0.05) is 15.9 Å². The van der Waals surface area contributed by atoms with Crippen molar-refractivity contribution in [2.24, 2.45) is 0 Å². The molecule has 1 rings (SSSR count). The Morgan fingerprint density at radius 1 is 1.56 bits per heavy atom. The summed E-state index contributed by atoms with van der Waals surface area (Å²) in [7, 11) is 0. The number of carbonyl (C=O) groups is 2. The number of hydrogen-bond donors (Lipinski definition) is 1. The van der Waals surface area contributed by atoms with Gasteiger partial charge in [-0.15, -0.1) is 17.0 Å². The standard InChI is InChI=1S/C4H4BrNO2.BrH/c5-2-1-3(7)6-4(2)8;/h2H,1H2,(H,6,7,8);1H. The van der Waals surface area contributed by atoms with Crippen LogP contribution in [0.4, 0.5) is 0 Å². The zero-order valence-corrected chi connectivity index (χ0v) is 7.69. The van der Waals surface area contributed by atoms with Crippen molar-refractivity contribution in [3.8, 4) is 0 Å². The molecule has 52 valence electrons. The average Bonchev–Trinajstić information content (AvgIpc) is 1.85. The maximum atomic E-state index is 10.4. The number of carbonyl (C=O) groups excluding carboxylic acids is 2. The monoisotopic (exact) mass is 257 g/mol. The Morgan fingerprint density at radius 2 is 2.11 bits per heavy atom. The number of halogens is 2. The molecule has 0 aromatic carbocycles. The molecule has 0 aliphatic carbocycles. The molecule has 0 aromatic heterocycles. The van der Waals surface area contributed by atoms with Gasteiger partial charge in [0.05, 0.1) is 0 Å². The molecule has 0 aromatic rings. The highest BCUT2D eigenvalue weighted by Crippen LogP contribution is 2.09. The second kappa shape index (κ2) is 3.31. The molecule has 3 nitrogen and oxygen atoms in total. The fourth-order valence-corrected chi connectivity index (χ4v) is 0.931. The van der Waals surface area contributed by atoms with E-state index in [2.05, 4.69) is 21.2 Å². The van der Waals surface area contributed by atoms with E-state index in [9.17, 15) is 9.59 Å². The van der Waals surface area contributed by atoms with Crippen LogP contribution in [0.15, 0.2) is 0 Å². The molecular formula is C4H5Br2NO2.